The highest BCUT2D eigenvalue weighted by Crippen LogP contribution is 2.21. The minimum absolute atomic E-state index is 0.101. The van der Waals surface area contributed by atoms with Crippen LogP contribution >= 0.6 is 0 Å². The van der Waals surface area contributed by atoms with Gasteiger partial charge in [-0.15, -0.1) is 0 Å². The molecule has 0 saturated carbocycles. The van der Waals surface area contributed by atoms with Gasteiger partial charge in [-0.05, 0) is 36.2 Å². The molecule has 29 heavy (non-hydrogen) atoms. The van der Waals surface area contributed by atoms with Crippen molar-refractivity contribution >= 4 is 11.8 Å². The second-order valence-corrected chi connectivity index (χ2v) is 6.56. The van der Waals surface area contributed by atoms with E-state index in [1.165, 1.54) is 0 Å². The molecular weight excluding hydrogens is 368 g/mol. The predicted octanol–water partition coefficient (Wildman–Crippen LogP) is 4.20. The number of carbonyl (C=O) groups is 2. The summed E-state index contributed by atoms with van der Waals surface area (Å²) in [6, 6.07) is 22.1. The number of furan rings is 1. The summed E-state index contributed by atoms with van der Waals surface area (Å²) in [6.45, 7) is 2.22. The van der Waals surface area contributed by atoms with Gasteiger partial charge in [-0.1, -0.05) is 61.9 Å². The van der Waals surface area contributed by atoms with Gasteiger partial charge in [-0.2, -0.15) is 0 Å². The number of rotatable bonds is 8. The molecule has 3 rings (SSSR count). The van der Waals surface area contributed by atoms with Crippen LogP contribution in [0.25, 0.3) is 0 Å². The highest BCUT2D eigenvalue weighted by atomic mass is 16.5. The van der Waals surface area contributed by atoms with Crippen LogP contribution in [-0.2, 0) is 11.4 Å². The van der Waals surface area contributed by atoms with Crippen molar-refractivity contribution in [3.8, 4) is 5.75 Å². The van der Waals surface area contributed by atoms with Crippen molar-refractivity contribution < 1.29 is 18.7 Å². The molecule has 0 bridgehead atoms. The van der Waals surface area contributed by atoms with Crippen LogP contribution in [0.1, 0.15) is 47.6 Å². The van der Waals surface area contributed by atoms with E-state index in [4.69, 9.17) is 9.15 Å². The third-order valence-electron chi connectivity index (χ3n) is 4.40. The van der Waals surface area contributed by atoms with Crippen molar-refractivity contribution in [2.75, 3.05) is 0 Å². The lowest BCUT2D eigenvalue weighted by Crippen LogP contribution is -2.43. The molecule has 6 heteroatoms. The molecule has 0 spiro atoms. The van der Waals surface area contributed by atoms with E-state index in [0.29, 0.717) is 17.9 Å². The van der Waals surface area contributed by atoms with Gasteiger partial charge in [0.2, 0.25) is 5.91 Å². The molecule has 2 amide bonds. The van der Waals surface area contributed by atoms with E-state index in [1.807, 2.05) is 67.6 Å². The molecule has 0 saturated heterocycles. The lowest BCUT2D eigenvalue weighted by molar-refractivity contribution is -0.123. The molecule has 0 aliphatic carbocycles. The van der Waals surface area contributed by atoms with Gasteiger partial charge < -0.3 is 9.15 Å². The van der Waals surface area contributed by atoms with E-state index in [-0.39, 0.29) is 24.2 Å². The van der Waals surface area contributed by atoms with Crippen LogP contribution in [0.4, 0.5) is 0 Å². The molecule has 0 unspecified atom stereocenters. The van der Waals surface area contributed by atoms with Crippen LogP contribution in [-0.4, -0.2) is 11.8 Å². The summed E-state index contributed by atoms with van der Waals surface area (Å²) in [5.41, 5.74) is 5.84. The Hall–Kier alpha value is -3.54. The van der Waals surface area contributed by atoms with Crippen molar-refractivity contribution in [3.63, 3.8) is 0 Å². The molecule has 150 valence electrons. The summed E-state index contributed by atoms with van der Waals surface area (Å²) in [7, 11) is 0. The van der Waals surface area contributed by atoms with Gasteiger partial charge >= 0.3 is 5.91 Å². The van der Waals surface area contributed by atoms with E-state index in [0.717, 1.165) is 12.0 Å². The SMILES string of the molecule is CCC[C@@H](C(=O)NNC(=O)c1ccc(COc2ccccc2)o1)c1ccccc1. The van der Waals surface area contributed by atoms with Crippen LogP contribution in [0.3, 0.4) is 0 Å². The quantitative estimate of drug-likeness (QED) is 0.563. The standard InChI is InChI=1S/C23H24N2O4/c1-2-9-20(17-10-5-3-6-11-17)22(26)24-25-23(27)21-15-14-19(29-21)16-28-18-12-7-4-8-13-18/h3-8,10-15,20H,2,9,16H2,1H3,(H,24,26)(H,25,27)/t20-/m1/s1. The second kappa shape index (κ2) is 10.1. The fourth-order valence-electron chi connectivity index (χ4n) is 2.94. The number of carbonyl (C=O) groups excluding carboxylic acids is 2. The van der Waals surface area contributed by atoms with E-state index < -0.39 is 5.91 Å². The summed E-state index contributed by atoms with van der Waals surface area (Å²) < 4.78 is 11.1. The smallest absolute Gasteiger partial charge is 0.305 e. The Morgan fingerprint density at radius 3 is 2.31 bits per heavy atom. The Balaban J connectivity index is 1.53. The van der Waals surface area contributed by atoms with E-state index in [2.05, 4.69) is 10.9 Å². The first-order chi connectivity index (χ1) is 14.2. The van der Waals surface area contributed by atoms with Crippen LogP contribution in [0.15, 0.2) is 77.2 Å². The number of hydrazine groups is 1. The summed E-state index contributed by atoms with van der Waals surface area (Å²) in [5.74, 6) is 0.221. The Bertz CT molecular complexity index is 922. The van der Waals surface area contributed by atoms with Crippen molar-refractivity contribution in [3.05, 3.63) is 89.9 Å². The molecule has 3 aromatic rings. The molecule has 1 heterocycles. The molecule has 2 aromatic carbocycles. The molecular formula is C23H24N2O4. The lowest BCUT2D eigenvalue weighted by atomic mass is 9.94. The van der Waals surface area contributed by atoms with Gasteiger partial charge in [-0.3, -0.25) is 20.4 Å². The first-order valence-corrected chi connectivity index (χ1v) is 9.59. The minimum Gasteiger partial charge on any atom is -0.486 e. The fraction of sp³-hybridized carbons (Fsp3) is 0.217. The van der Waals surface area contributed by atoms with Crippen LogP contribution < -0.4 is 15.6 Å². The molecule has 0 aliphatic heterocycles. The number of para-hydroxylation sites is 1. The zero-order valence-electron chi connectivity index (χ0n) is 16.3. The first-order valence-electron chi connectivity index (χ1n) is 9.59. The zero-order valence-corrected chi connectivity index (χ0v) is 16.3. The average Bonchev–Trinajstić information content (AvgIpc) is 3.25. The average molecular weight is 392 g/mol. The van der Waals surface area contributed by atoms with Gasteiger partial charge in [0.15, 0.2) is 5.76 Å². The number of ether oxygens (including phenoxy) is 1. The molecule has 2 N–H and O–H groups in total. The van der Waals surface area contributed by atoms with Gasteiger partial charge in [0, 0.05) is 0 Å². The molecule has 0 fully saturated rings. The Kier molecular flexibility index (Phi) is 7.05. The summed E-state index contributed by atoms with van der Waals surface area (Å²) >= 11 is 0. The number of benzene rings is 2. The second-order valence-electron chi connectivity index (χ2n) is 6.56. The Morgan fingerprint density at radius 1 is 0.931 bits per heavy atom. The van der Waals surface area contributed by atoms with Crippen LogP contribution in [0, 0.1) is 0 Å². The number of nitrogens with one attached hydrogen (secondary N) is 2. The highest BCUT2D eigenvalue weighted by molar-refractivity contribution is 5.93. The van der Waals surface area contributed by atoms with Gasteiger partial charge in [0.25, 0.3) is 0 Å². The van der Waals surface area contributed by atoms with E-state index in [1.54, 1.807) is 12.1 Å². The largest absolute Gasteiger partial charge is 0.486 e. The summed E-state index contributed by atoms with van der Waals surface area (Å²) in [4.78, 5) is 24.9. The molecule has 0 radical (unpaired) electrons. The normalized spacial score (nSPS) is 11.5. The number of amides is 2. The molecule has 1 aromatic heterocycles. The summed E-state index contributed by atoms with van der Waals surface area (Å²) in [6.07, 6.45) is 1.54. The monoisotopic (exact) mass is 392 g/mol. The maximum atomic E-state index is 12.6. The highest BCUT2D eigenvalue weighted by Gasteiger charge is 2.21. The van der Waals surface area contributed by atoms with Gasteiger partial charge in [0.1, 0.15) is 18.1 Å². The number of hydrogen-bond donors (Lipinski definition) is 2. The van der Waals surface area contributed by atoms with Crippen LogP contribution in [0.5, 0.6) is 5.75 Å². The van der Waals surface area contributed by atoms with Crippen LogP contribution in [0.2, 0.25) is 0 Å². The topological polar surface area (TPSA) is 80.6 Å². The van der Waals surface area contributed by atoms with E-state index in [9.17, 15) is 9.59 Å². The third-order valence-corrected chi connectivity index (χ3v) is 4.40. The maximum Gasteiger partial charge on any atom is 0.305 e. The first kappa shape index (κ1) is 20.2. The minimum atomic E-state index is -0.521. The van der Waals surface area contributed by atoms with Crippen molar-refractivity contribution in [1.82, 2.24) is 10.9 Å². The van der Waals surface area contributed by atoms with E-state index >= 15 is 0 Å². The summed E-state index contributed by atoms with van der Waals surface area (Å²) in [5, 5.41) is 0. The van der Waals surface area contributed by atoms with Gasteiger partial charge in [0.05, 0.1) is 5.92 Å². The zero-order chi connectivity index (χ0) is 20.5. The fourth-order valence-corrected chi connectivity index (χ4v) is 2.94. The van der Waals surface area contributed by atoms with Crippen molar-refractivity contribution in [2.45, 2.75) is 32.3 Å². The van der Waals surface area contributed by atoms with Crippen molar-refractivity contribution in [1.29, 1.82) is 0 Å². The van der Waals surface area contributed by atoms with Crippen molar-refractivity contribution in [2.24, 2.45) is 0 Å². The number of hydrogen-bond acceptors (Lipinski definition) is 4. The Morgan fingerprint density at radius 2 is 1.62 bits per heavy atom. The third kappa shape index (κ3) is 5.72. The van der Waals surface area contributed by atoms with Gasteiger partial charge in [-0.25, -0.2) is 0 Å². The lowest BCUT2D eigenvalue weighted by Gasteiger charge is -2.16. The Labute approximate surface area is 169 Å². The maximum absolute atomic E-state index is 12.6. The molecule has 6 nitrogen and oxygen atoms in total. The molecule has 1 atom stereocenters. The molecule has 0 aliphatic rings. The predicted molar refractivity (Wildman–Crippen MR) is 109 cm³/mol.